The Morgan fingerprint density at radius 1 is 1.28 bits per heavy atom. The predicted octanol–water partition coefficient (Wildman–Crippen LogP) is 1.09. The minimum absolute atomic E-state index is 0.00388. The Kier molecular flexibility index (Phi) is 4.59. The Morgan fingerprint density at radius 3 is 2.83 bits per heavy atom. The third-order valence-corrected chi connectivity index (χ3v) is 7.03. The number of carbonyl (C=O) groups excluding carboxylic acids is 3. The van der Waals surface area contributed by atoms with Gasteiger partial charge in [-0.05, 0) is 25.2 Å². The van der Waals surface area contributed by atoms with Crippen LogP contribution in [0.4, 0.5) is 0 Å². The second-order valence-corrected chi connectivity index (χ2v) is 9.27. The number of hydrogen-bond acceptors (Lipinski definition) is 4. The Labute approximate surface area is 170 Å². The molecule has 5 rings (SSSR count). The number of imidazole rings is 1. The molecule has 3 aliphatic heterocycles. The summed E-state index contributed by atoms with van der Waals surface area (Å²) in [6, 6.07) is -0.0868. The van der Waals surface area contributed by atoms with E-state index in [-0.39, 0.29) is 35.2 Å². The van der Waals surface area contributed by atoms with Gasteiger partial charge in [0.2, 0.25) is 17.7 Å². The largest absolute Gasteiger partial charge is 0.356 e. The van der Waals surface area contributed by atoms with E-state index in [2.05, 4.69) is 20.2 Å². The number of carbonyl (C=O) groups is 3. The summed E-state index contributed by atoms with van der Waals surface area (Å²) in [6.45, 7) is 1.91. The van der Waals surface area contributed by atoms with E-state index >= 15 is 0 Å². The fraction of sp³-hybridized carbons (Fsp3) is 0.714. The monoisotopic (exact) mass is 399 g/mol. The highest BCUT2D eigenvalue weighted by atomic mass is 16.2. The molecule has 4 aliphatic rings. The average Bonchev–Trinajstić information content (AvgIpc) is 3.06. The van der Waals surface area contributed by atoms with Gasteiger partial charge in [0, 0.05) is 57.2 Å². The highest BCUT2D eigenvalue weighted by Crippen LogP contribution is 2.45. The molecule has 2 saturated heterocycles. The molecule has 3 amide bonds. The van der Waals surface area contributed by atoms with Crippen LogP contribution in [0.25, 0.3) is 0 Å². The van der Waals surface area contributed by atoms with Crippen molar-refractivity contribution in [1.29, 1.82) is 0 Å². The summed E-state index contributed by atoms with van der Waals surface area (Å²) < 4.78 is 2.15. The normalized spacial score (nSPS) is 26.9. The molecule has 0 bridgehead atoms. The van der Waals surface area contributed by atoms with Gasteiger partial charge in [0.25, 0.3) is 0 Å². The zero-order chi connectivity index (χ0) is 20.0. The van der Waals surface area contributed by atoms with Crippen molar-refractivity contribution in [3.05, 3.63) is 18.2 Å². The van der Waals surface area contributed by atoms with Gasteiger partial charge in [-0.3, -0.25) is 14.4 Å². The summed E-state index contributed by atoms with van der Waals surface area (Å²) in [5.41, 5.74) is -0.175. The van der Waals surface area contributed by atoms with Gasteiger partial charge in [0.1, 0.15) is 5.82 Å². The van der Waals surface area contributed by atoms with Gasteiger partial charge in [-0.2, -0.15) is 0 Å². The van der Waals surface area contributed by atoms with Crippen LogP contribution in [0.15, 0.2) is 12.4 Å². The first-order valence-electron chi connectivity index (χ1n) is 10.9. The number of likely N-dealkylation sites (tertiary alicyclic amines) is 1. The molecule has 1 saturated carbocycles. The molecule has 156 valence electrons. The number of amides is 3. The molecule has 1 aromatic rings. The van der Waals surface area contributed by atoms with E-state index in [9.17, 15) is 14.4 Å². The van der Waals surface area contributed by atoms with Gasteiger partial charge in [0.15, 0.2) is 0 Å². The Hall–Kier alpha value is -2.38. The third kappa shape index (κ3) is 3.53. The first-order valence-corrected chi connectivity index (χ1v) is 10.9. The molecule has 2 N–H and O–H groups in total. The number of nitrogens with one attached hydrogen (secondary N) is 2. The number of fused-ring (bicyclic) bond motifs is 2. The smallest absolute Gasteiger partial charge is 0.223 e. The lowest BCUT2D eigenvalue weighted by Gasteiger charge is -2.49. The first-order chi connectivity index (χ1) is 14.0. The topological polar surface area (TPSA) is 96.3 Å². The molecule has 0 radical (unpaired) electrons. The summed E-state index contributed by atoms with van der Waals surface area (Å²) in [5.74, 6) is 1.70. The zero-order valence-corrected chi connectivity index (χ0v) is 16.7. The number of hydrogen-bond donors (Lipinski definition) is 2. The van der Waals surface area contributed by atoms with Crippen molar-refractivity contribution in [3.63, 3.8) is 0 Å². The fourth-order valence-corrected chi connectivity index (χ4v) is 5.19. The van der Waals surface area contributed by atoms with Crippen LogP contribution >= 0.6 is 0 Å². The van der Waals surface area contributed by atoms with Crippen LogP contribution < -0.4 is 10.6 Å². The highest BCUT2D eigenvalue weighted by molar-refractivity contribution is 5.87. The first kappa shape index (κ1) is 18.6. The molecule has 1 spiro atoms. The van der Waals surface area contributed by atoms with Crippen molar-refractivity contribution in [2.24, 2.45) is 11.8 Å². The van der Waals surface area contributed by atoms with Gasteiger partial charge in [-0.1, -0.05) is 12.8 Å². The summed E-state index contributed by atoms with van der Waals surface area (Å²) in [6.07, 6.45) is 10.9. The van der Waals surface area contributed by atoms with Crippen molar-refractivity contribution in [2.45, 2.75) is 62.9 Å². The molecular formula is C21H29N5O3. The van der Waals surface area contributed by atoms with Crippen molar-refractivity contribution < 1.29 is 14.4 Å². The fourth-order valence-electron chi connectivity index (χ4n) is 5.19. The maximum absolute atomic E-state index is 12.6. The van der Waals surface area contributed by atoms with E-state index in [1.54, 1.807) is 6.20 Å². The number of aromatic nitrogens is 2. The molecule has 2 unspecified atom stereocenters. The minimum atomic E-state index is -0.186. The van der Waals surface area contributed by atoms with Crippen molar-refractivity contribution in [2.75, 3.05) is 19.6 Å². The lowest BCUT2D eigenvalue weighted by molar-refractivity contribution is -0.144. The Bertz CT molecular complexity index is 824. The summed E-state index contributed by atoms with van der Waals surface area (Å²) in [5, 5.41) is 5.96. The van der Waals surface area contributed by atoms with Gasteiger partial charge in [0.05, 0.1) is 11.6 Å². The van der Waals surface area contributed by atoms with Crippen LogP contribution in [0, 0.1) is 11.8 Å². The van der Waals surface area contributed by atoms with E-state index < -0.39 is 0 Å². The van der Waals surface area contributed by atoms with Gasteiger partial charge < -0.3 is 20.1 Å². The van der Waals surface area contributed by atoms with Crippen molar-refractivity contribution >= 4 is 17.7 Å². The van der Waals surface area contributed by atoms with Crippen molar-refractivity contribution in [1.82, 2.24) is 25.1 Å². The number of nitrogens with zero attached hydrogens (tertiary/aromatic N) is 3. The molecule has 1 aliphatic carbocycles. The standard InChI is InChI=1S/C21H29N5O3/c27-17(3-1-2-14-4-5-14)24-16-11-21(26-9-8-22-19(16)26)12-25(13-21)18(28)10-15-6-7-23-20(15)29/h8-9,14-16H,1-7,10-13H2,(H,23,29)(H,24,27). The van der Waals surface area contributed by atoms with E-state index in [4.69, 9.17) is 0 Å². The maximum Gasteiger partial charge on any atom is 0.223 e. The Morgan fingerprint density at radius 2 is 2.10 bits per heavy atom. The molecular weight excluding hydrogens is 370 g/mol. The lowest BCUT2D eigenvalue weighted by Crippen LogP contribution is -2.63. The van der Waals surface area contributed by atoms with E-state index in [1.165, 1.54) is 12.8 Å². The van der Waals surface area contributed by atoms with Crippen LogP contribution in [0.5, 0.6) is 0 Å². The molecule has 29 heavy (non-hydrogen) atoms. The van der Waals surface area contributed by atoms with Gasteiger partial charge in [-0.25, -0.2) is 4.98 Å². The molecule has 8 nitrogen and oxygen atoms in total. The SMILES string of the molecule is O=C(CCCC1CC1)NC1CC2(CN(C(=O)CC3CCNC3=O)C2)n2ccnc21. The minimum Gasteiger partial charge on any atom is -0.356 e. The maximum atomic E-state index is 12.6. The molecule has 0 aromatic carbocycles. The molecule has 3 fully saturated rings. The zero-order valence-electron chi connectivity index (χ0n) is 16.7. The van der Waals surface area contributed by atoms with Crippen LogP contribution in [0.2, 0.25) is 0 Å². The number of rotatable bonds is 7. The molecule has 2 atom stereocenters. The van der Waals surface area contributed by atoms with Crippen LogP contribution in [0.1, 0.15) is 63.2 Å². The van der Waals surface area contributed by atoms with Gasteiger partial charge >= 0.3 is 0 Å². The average molecular weight is 399 g/mol. The third-order valence-electron chi connectivity index (χ3n) is 7.03. The van der Waals surface area contributed by atoms with Crippen LogP contribution in [-0.4, -0.2) is 51.8 Å². The van der Waals surface area contributed by atoms with E-state index in [1.807, 2.05) is 11.1 Å². The summed E-state index contributed by atoms with van der Waals surface area (Å²) >= 11 is 0. The predicted molar refractivity (Wildman–Crippen MR) is 105 cm³/mol. The lowest BCUT2D eigenvalue weighted by atomic mass is 9.85. The van der Waals surface area contributed by atoms with E-state index in [0.717, 1.165) is 37.4 Å². The van der Waals surface area contributed by atoms with Gasteiger partial charge in [-0.15, -0.1) is 0 Å². The quantitative estimate of drug-likeness (QED) is 0.717. The highest BCUT2D eigenvalue weighted by Gasteiger charge is 2.53. The van der Waals surface area contributed by atoms with E-state index in [0.29, 0.717) is 32.5 Å². The summed E-state index contributed by atoms with van der Waals surface area (Å²) in [4.78, 5) is 43.1. The van der Waals surface area contributed by atoms with Crippen molar-refractivity contribution in [3.8, 4) is 0 Å². The second kappa shape index (κ2) is 7.15. The molecule has 4 heterocycles. The second-order valence-electron chi connectivity index (χ2n) is 9.27. The molecule has 1 aromatic heterocycles. The van der Waals surface area contributed by atoms with Crippen LogP contribution in [-0.2, 0) is 19.9 Å². The summed E-state index contributed by atoms with van der Waals surface area (Å²) in [7, 11) is 0. The molecule has 8 heteroatoms. The Balaban J connectivity index is 1.16. The van der Waals surface area contributed by atoms with Crippen LogP contribution in [0.3, 0.4) is 0 Å².